The van der Waals surface area contributed by atoms with E-state index in [2.05, 4.69) is 15.5 Å². The molecule has 13 nitrogen and oxygen atoms in total. The smallest absolute Gasteiger partial charge is 0.307 e. The molecule has 348 valence electrons. The van der Waals surface area contributed by atoms with Gasteiger partial charge >= 0.3 is 5.97 Å². The van der Waals surface area contributed by atoms with Gasteiger partial charge in [0, 0.05) is 54.6 Å². The van der Waals surface area contributed by atoms with Crippen molar-refractivity contribution in [1.82, 2.24) is 25.4 Å². The number of carbonyl (C=O) groups excluding carboxylic acids is 5. The summed E-state index contributed by atoms with van der Waals surface area (Å²) in [7, 11) is -0.226. The molecule has 3 amide bonds. The number of likely N-dealkylation sites (tertiary alicyclic amines) is 1. The zero-order valence-electron chi connectivity index (χ0n) is 39.2. The van der Waals surface area contributed by atoms with Crippen molar-refractivity contribution in [3.05, 3.63) is 45.9 Å². The molecule has 0 saturated carbocycles. The number of likely N-dealkylation sites (N-methyl/N-ethyl adjacent to an activating group) is 1. The van der Waals surface area contributed by atoms with Crippen LogP contribution in [0.3, 0.4) is 0 Å². The van der Waals surface area contributed by atoms with Gasteiger partial charge in [0.15, 0.2) is 20.8 Å². The second-order valence-electron chi connectivity index (χ2n) is 18.8. The zero-order chi connectivity index (χ0) is 46.1. The molecule has 15 heteroatoms. The summed E-state index contributed by atoms with van der Waals surface area (Å²) in [4.78, 5) is 87.0. The molecule has 1 aliphatic rings. The predicted octanol–water partition coefficient (Wildman–Crippen LogP) is 7.67. The van der Waals surface area contributed by atoms with E-state index in [0.717, 1.165) is 36.4 Å². The van der Waals surface area contributed by atoms with Crippen molar-refractivity contribution in [3.63, 3.8) is 0 Å². The van der Waals surface area contributed by atoms with E-state index in [1.807, 2.05) is 68.6 Å². The molecular formula is C47H77N5O8SSi. The quantitative estimate of drug-likeness (QED) is 0.0317. The Morgan fingerprint density at radius 1 is 1.03 bits per heavy atom. The van der Waals surface area contributed by atoms with Crippen LogP contribution in [0.25, 0.3) is 0 Å². The van der Waals surface area contributed by atoms with Crippen molar-refractivity contribution in [2.75, 3.05) is 26.9 Å². The van der Waals surface area contributed by atoms with Gasteiger partial charge in [-0.05, 0) is 107 Å². The molecule has 2 heterocycles. The van der Waals surface area contributed by atoms with Crippen LogP contribution in [-0.2, 0) is 30.3 Å². The Balaban J connectivity index is 1.82. The van der Waals surface area contributed by atoms with Gasteiger partial charge in [0.2, 0.25) is 11.8 Å². The molecule has 62 heavy (non-hydrogen) atoms. The van der Waals surface area contributed by atoms with Gasteiger partial charge in [0.05, 0.1) is 11.0 Å². The van der Waals surface area contributed by atoms with Gasteiger partial charge in [-0.1, -0.05) is 73.4 Å². The van der Waals surface area contributed by atoms with E-state index in [1.54, 1.807) is 34.5 Å². The van der Waals surface area contributed by atoms with Gasteiger partial charge in [-0.25, -0.2) is 4.98 Å². The summed E-state index contributed by atoms with van der Waals surface area (Å²) in [6, 6.07) is 6.50. The van der Waals surface area contributed by atoms with Crippen molar-refractivity contribution < 1.29 is 38.6 Å². The average Bonchev–Trinajstić information content (AvgIpc) is 3.72. The monoisotopic (exact) mass is 900 g/mol. The molecule has 3 rings (SSSR count). The third kappa shape index (κ3) is 17.1. The third-order valence-corrected chi connectivity index (χ3v) is 15.0. The number of aromatic hydroxyl groups is 1. The fourth-order valence-corrected chi connectivity index (χ4v) is 10.2. The molecule has 0 bridgehead atoms. The minimum absolute atomic E-state index is 0.0324. The lowest BCUT2D eigenvalue weighted by atomic mass is 9.82. The van der Waals surface area contributed by atoms with Crippen molar-refractivity contribution >= 4 is 49.1 Å². The van der Waals surface area contributed by atoms with E-state index in [0.29, 0.717) is 51.1 Å². The lowest BCUT2D eigenvalue weighted by molar-refractivity contribution is -0.160. The average molecular weight is 900 g/mol. The van der Waals surface area contributed by atoms with Crippen LogP contribution >= 0.6 is 11.3 Å². The lowest BCUT2D eigenvalue weighted by Gasteiger charge is -2.39. The summed E-state index contributed by atoms with van der Waals surface area (Å²) < 4.78 is 5.75. The maximum absolute atomic E-state index is 14.8. The van der Waals surface area contributed by atoms with E-state index < -0.39 is 26.2 Å². The van der Waals surface area contributed by atoms with Gasteiger partial charge in [-0.15, -0.1) is 11.3 Å². The van der Waals surface area contributed by atoms with E-state index >= 15 is 0 Å². The predicted molar refractivity (Wildman–Crippen MR) is 248 cm³/mol. The molecule has 1 aromatic carbocycles. The molecule has 0 spiro atoms. The number of ether oxygens (including phenoxy) is 1. The topological polar surface area (TPSA) is 178 Å². The van der Waals surface area contributed by atoms with E-state index in [-0.39, 0.29) is 90.3 Å². The zero-order valence-corrected chi connectivity index (χ0v) is 41.0. The van der Waals surface area contributed by atoms with Crippen molar-refractivity contribution in [1.29, 1.82) is 0 Å². The summed E-state index contributed by atoms with van der Waals surface area (Å²) in [5, 5.41) is 18.4. The highest BCUT2D eigenvalue weighted by molar-refractivity contribution is 7.09. The van der Waals surface area contributed by atoms with Crippen LogP contribution in [-0.4, -0.2) is 107 Å². The van der Waals surface area contributed by atoms with E-state index in [1.165, 1.54) is 11.3 Å². The molecule has 1 aromatic heterocycles. The van der Waals surface area contributed by atoms with Gasteiger partial charge in [0.25, 0.3) is 5.91 Å². The van der Waals surface area contributed by atoms with Crippen LogP contribution in [0.1, 0.15) is 140 Å². The fraction of sp³-hybridized carbons (Fsp3) is 0.702. The molecule has 1 saturated heterocycles. The first-order valence-electron chi connectivity index (χ1n) is 23.0. The Bertz CT molecular complexity index is 1730. The molecular weight excluding hydrogens is 823 g/mol. The number of amides is 3. The van der Waals surface area contributed by atoms with Gasteiger partial charge in [-0.3, -0.25) is 28.9 Å². The number of hydrogen-bond acceptors (Lipinski definition) is 11. The maximum atomic E-state index is 14.8. The number of piperidine rings is 1. The van der Waals surface area contributed by atoms with Crippen LogP contribution in [0, 0.1) is 23.7 Å². The second kappa shape index (κ2) is 25.6. The van der Waals surface area contributed by atoms with Gasteiger partial charge in [-0.2, -0.15) is 0 Å². The number of hydrogen-bond donors (Lipinski definition) is 4. The molecule has 0 aliphatic carbocycles. The summed E-state index contributed by atoms with van der Waals surface area (Å²) in [6.07, 6.45) is 6.53. The number of nitrogens with zero attached hydrogens (tertiary/aromatic N) is 3. The highest BCUT2D eigenvalue weighted by Gasteiger charge is 2.38. The third-order valence-electron chi connectivity index (χ3n) is 12.4. The summed E-state index contributed by atoms with van der Waals surface area (Å²) >= 11 is 1.37. The number of benzene rings is 1. The number of nitrogens with one attached hydrogen (secondary N) is 2. The Morgan fingerprint density at radius 2 is 1.73 bits per heavy atom. The number of Topliss-reactive ketones (excluding diaryl/α,β-unsaturated/α-hetero) is 1. The molecule has 7 atom stereocenters. The number of rotatable bonds is 26. The second-order valence-corrected chi connectivity index (χ2v) is 23.8. The summed E-state index contributed by atoms with van der Waals surface area (Å²) in [6.45, 7) is 18.8. The highest BCUT2D eigenvalue weighted by Crippen LogP contribution is 2.33. The van der Waals surface area contributed by atoms with Gasteiger partial charge < -0.3 is 30.2 Å². The normalized spacial score (nSPS) is 17.6. The first kappa shape index (κ1) is 52.7. The Kier molecular flexibility index (Phi) is 21.7. The molecule has 1 aliphatic heterocycles. The molecule has 2 aromatic rings. The number of phenolic OH excluding ortho intramolecular Hbond substituents is 1. The lowest BCUT2D eigenvalue weighted by Crippen LogP contribution is -2.50. The largest absolute Gasteiger partial charge is 0.508 e. The highest BCUT2D eigenvalue weighted by atomic mass is 32.1. The van der Waals surface area contributed by atoms with Crippen LogP contribution in [0.4, 0.5) is 0 Å². The van der Waals surface area contributed by atoms with Crippen molar-refractivity contribution in [2.24, 2.45) is 23.7 Å². The number of aromatic nitrogens is 1. The SMILES string of the molecule is CCCC(=O)OCN(C(=O)[C@@H](CC(=O)[C@H]1CCCCN1C)C(C)CC)[C@H](C[C@@H](C)c1nc(C(=O)N[C@@H](Cc2ccc(O)cc2)C[C@H](C)C(=O)NCCC[Si](C)(C)O)cs1)C(C)C. The molecule has 0 radical (unpaired) electrons. The fourth-order valence-electron chi connectivity index (χ4n) is 8.26. The summed E-state index contributed by atoms with van der Waals surface area (Å²) in [5.41, 5.74) is 1.15. The van der Waals surface area contributed by atoms with Crippen molar-refractivity contribution in [3.8, 4) is 5.75 Å². The van der Waals surface area contributed by atoms with Gasteiger partial charge in [0.1, 0.15) is 11.4 Å². The van der Waals surface area contributed by atoms with Crippen LogP contribution in [0.5, 0.6) is 5.75 Å². The maximum Gasteiger partial charge on any atom is 0.307 e. The number of carbonyl (C=O) groups is 5. The first-order valence-corrected chi connectivity index (χ1v) is 27.0. The number of thiazole rings is 1. The Morgan fingerprint density at radius 3 is 2.34 bits per heavy atom. The van der Waals surface area contributed by atoms with Crippen LogP contribution < -0.4 is 10.6 Å². The van der Waals surface area contributed by atoms with Crippen molar-refractivity contribution in [2.45, 2.75) is 162 Å². The number of phenols is 1. The Labute approximate surface area is 376 Å². The number of esters is 1. The minimum Gasteiger partial charge on any atom is -0.508 e. The van der Waals surface area contributed by atoms with Crippen LogP contribution in [0.2, 0.25) is 19.1 Å². The number of ketones is 1. The minimum atomic E-state index is -2.21. The molecule has 1 unspecified atom stereocenters. The molecule has 1 fully saturated rings. The molecule has 4 N–H and O–H groups in total. The first-order chi connectivity index (χ1) is 29.2. The van der Waals surface area contributed by atoms with E-state index in [4.69, 9.17) is 9.72 Å². The standard InChI is InChI=1S/C47H77N5O8SSi/c1-11-16-43(55)60-30-52(47(58)38(32(5)12-2)28-42(54)40-17-13-14-23-51(40)8)41(31(3)4)26-34(7)46-50-39(29-61-46)45(57)49-36(27-35-18-20-37(53)21-19-35)25-33(6)44(56)48-22-15-24-62(9,10)59/h18-21,29,31-34,36,38,40-41,53,59H,11-17,22-28,30H2,1-10H3,(H,48,56)(H,49,57)/t32?,33-,34+,36+,38-,40+,41+/m0/s1. The van der Waals surface area contributed by atoms with Crippen LogP contribution in [0.15, 0.2) is 29.6 Å². The van der Waals surface area contributed by atoms with E-state index in [9.17, 15) is 33.9 Å². The summed E-state index contributed by atoms with van der Waals surface area (Å²) in [5.74, 6) is -2.08. The Hall–Kier alpha value is -3.66.